The van der Waals surface area contributed by atoms with Gasteiger partial charge >= 0.3 is 35.7 Å². The van der Waals surface area contributed by atoms with Crippen LogP contribution in [-0.4, -0.2) is 111 Å². The summed E-state index contributed by atoms with van der Waals surface area (Å²) in [5, 5.41) is 29.3. The quantitative estimate of drug-likeness (QED) is 0.0389. The fourth-order valence-corrected chi connectivity index (χ4v) is 7.20. The van der Waals surface area contributed by atoms with Crippen LogP contribution >= 0.6 is 0 Å². The number of H-pyrrole nitrogens is 1. The van der Waals surface area contributed by atoms with E-state index in [1.165, 1.54) is 45.4 Å². The number of aromatic amines is 1. The molecule has 1 fully saturated rings. The first-order chi connectivity index (χ1) is 30.6. The summed E-state index contributed by atoms with van der Waals surface area (Å²) in [6, 6.07) is 6.68. The normalized spacial score (nSPS) is 18.8. The van der Waals surface area contributed by atoms with Crippen molar-refractivity contribution >= 4 is 35.9 Å². The molecule has 2 heterocycles. The van der Waals surface area contributed by atoms with Gasteiger partial charge in [0, 0.05) is 39.1 Å². The van der Waals surface area contributed by atoms with Crippen molar-refractivity contribution in [1.82, 2.24) is 25.5 Å². The standard InChI is InChI=1S/C44H65N5O15/c1-5-6-7-8-9-10-11-12-13-14-18-22-33(53)61-28(2)34(48-44(59)60-27-31-20-16-15-17-21-31)40(55)46-25-19-24-45-35(42(56)57)36(54)37-38(62-29(3)50)39(63-30(4)51)41(64-37)49-26-23-32(52)47-43(49)58/h15-17,20-21,23,26,28,34-39,41,45,54H,5-14,18-19,22,24-25,27H2,1-4H3,(H,46,55)(H,48,59)(H,56,57)(H,47,52,58)/t28-,34-,35?,36?,37+,38+,39+,41+/m0/s1. The summed E-state index contributed by atoms with van der Waals surface area (Å²) in [6.45, 7) is 5.44. The van der Waals surface area contributed by atoms with Gasteiger partial charge in [0.25, 0.3) is 5.56 Å². The highest BCUT2D eigenvalue weighted by Crippen LogP contribution is 2.35. The fraction of sp³-hybridized carbons (Fsp3) is 0.636. The number of rotatable bonds is 29. The third-order valence-corrected chi connectivity index (χ3v) is 10.5. The van der Waals surface area contributed by atoms with E-state index in [0.29, 0.717) is 12.0 Å². The molecule has 1 saturated heterocycles. The number of aliphatic carboxylic acids is 1. The minimum Gasteiger partial charge on any atom is -0.480 e. The molecule has 2 amide bonds. The Balaban J connectivity index is 1.60. The van der Waals surface area contributed by atoms with Crippen LogP contribution in [0.2, 0.25) is 0 Å². The number of esters is 3. The molecule has 0 spiro atoms. The van der Waals surface area contributed by atoms with Crippen molar-refractivity contribution in [3.05, 3.63) is 69.0 Å². The van der Waals surface area contributed by atoms with Crippen LogP contribution in [0, 0.1) is 0 Å². The molecule has 0 radical (unpaired) electrons. The molecule has 6 N–H and O–H groups in total. The molecule has 1 aromatic carbocycles. The molecule has 0 saturated carbocycles. The molecule has 2 aromatic rings. The summed E-state index contributed by atoms with van der Waals surface area (Å²) in [7, 11) is 0. The predicted octanol–water partition coefficient (Wildman–Crippen LogP) is 3.14. The summed E-state index contributed by atoms with van der Waals surface area (Å²) >= 11 is 0. The summed E-state index contributed by atoms with van der Waals surface area (Å²) in [6.07, 6.45) is 3.03. The Bertz CT molecular complexity index is 1910. The number of aliphatic hydroxyl groups excluding tert-OH is 1. The number of aromatic nitrogens is 2. The first-order valence-electron chi connectivity index (χ1n) is 22.0. The van der Waals surface area contributed by atoms with Gasteiger partial charge in [0.15, 0.2) is 18.4 Å². The minimum absolute atomic E-state index is 0.0742. The molecule has 64 heavy (non-hydrogen) atoms. The predicted molar refractivity (Wildman–Crippen MR) is 230 cm³/mol. The number of unbranched alkanes of at least 4 members (excludes halogenated alkanes) is 10. The van der Waals surface area contributed by atoms with E-state index in [-0.39, 0.29) is 32.5 Å². The van der Waals surface area contributed by atoms with Crippen LogP contribution < -0.4 is 27.2 Å². The number of ether oxygens (including phenoxy) is 5. The molecule has 1 aromatic heterocycles. The molecule has 20 nitrogen and oxygen atoms in total. The molecule has 0 aliphatic carbocycles. The van der Waals surface area contributed by atoms with Crippen molar-refractivity contribution < 1.29 is 62.7 Å². The number of alkyl carbamates (subject to hydrolysis) is 1. The van der Waals surface area contributed by atoms with Gasteiger partial charge in [0.05, 0.1) is 0 Å². The average Bonchev–Trinajstić information content (AvgIpc) is 3.57. The van der Waals surface area contributed by atoms with Crippen LogP contribution in [0.15, 0.2) is 52.2 Å². The van der Waals surface area contributed by atoms with Crippen LogP contribution in [0.25, 0.3) is 0 Å². The largest absolute Gasteiger partial charge is 0.480 e. The molecule has 3 rings (SSSR count). The van der Waals surface area contributed by atoms with Crippen molar-refractivity contribution in [1.29, 1.82) is 0 Å². The lowest BCUT2D eigenvalue weighted by Gasteiger charge is -2.29. The second kappa shape index (κ2) is 28.2. The third kappa shape index (κ3) is 18.2. The number of carbonyl (C=O) groups excluding carboxylic acids is 5. The maximum absolute atomic E-state index is 13.5. The number of amides is 2. The van der Waals surface area contributed by atoms with Gasteiger partial charge in [-0.25, -0.2) is 9.59 Å². The molecule has 1 aliphatic heterocycles. The molecule has 8 atom stereocenters. The Hall–Kier alpha value is -5.60. The topological polar surface area (TPSA) is 280 Å². The SMILES string of the molecule is CCCCCCCCCCCCCC(=O)O[C@@H](C)[C@H](NC(=O)OCc1ccccc1)C(=O)NCCCNC(C(=O)O)C(O)[C@H]1O[C@@H](n2ccc(=O)[nH]c2=O)[C@H](OC(C)=O)[C@@H]1OC(C)=O. The van der Waals surface area contributed by atoms with E-state index in [1.807, 2.05) is 4.98 Å². The first-order valence-corrected chi connectivity index (χ1v) is 22.0. The van der Waals surface area contributed by atoms with E-state index < -0.39 is 96.0 Å². The van der Waals surface area contributed by atoms with E-state index in [2.05, 4.69) is 22.9 Å². The Labute approximate surface area is 372 Å². The van der Waals surface area contributed by atoms with Gasteiger partial charge in [-0.05, 0) is 31.9 Å². The number of hydrogen-bond donors (Lipinski definition) is 6. The summed E-state index contributed by atoms with van der Waals surface area (Å²) in [5.74, 6) is -4.59. The van der Waals surface area contributed by atoms with Crippen molar-refractivity contribution in [2.45, 2.75) is 167 Å². The van der Waals surface area contributed by atoms with Crippen LogP contribution in [0.5, 0.6) is 0 Å². The number of hydrogen-bond acceptors (Lipinski definition) is 15. The minimum atomic E-state index is -1.99. The number of carboxylic acids is 1. The zero-order chi connectivity index (χ0) is 47.0. The Morgan fingerprint density at radius 2 is 1.42 bits per heavy atom. The van der Waals surface area contributed by atoms with E-state index in [1.54, 1.807) is 30.3 Å². The number of carbonyl (C=O) groups is 6. The highest BCUT2D eigenvalue weighted by molar-refractivity contribution is 5.86. The van der Waals surface area contributed by atoms with Gasteiger partial charge < -0.3 is 49.8 Å². The number of carboxylic acid groups (broad SMARTS) is 1. The molecular weight excluding hydrogens is 839 g/mol. The zero-order valence-corrected chi connectivity index (χ0v) is 37.1. The van der Waals surface area contributed by atoms with Gasteiger partial charge in [-0.15, -0.1) is 0 Å². The smallest absolute Gasteiger partial charge is 0.408 e. The van der Waals surface area contributed by atoms with E-state index in [4.69, 9.17) is 23.7 Å². The summed E-state index contributed by atoms with van der Waals surface area (Å²) in [4.78, 5) is 102. The number of benzene rings is 1. The number of aliphatic hydroxyl groups is 1. The molecular formula is C44H65N5O15. The number of nitrogens with zero attached hydrogens (tertiary/aromatic N) is 1. The van der Waals surface area contributed by atoms with Crippen LogP contribution in [-0.2, 0) is 54.3 Å². The lowest BCUT2D eigenvalue weighted by molar-refractivity contribution is -0.167. The number of nitrogens with one attached hydrogen (secondary N) is 4. The zero-order valence-electron chi connectivity index (χ0n) is 37.1. The Kier molecular flexibility index (Phi) is 23.3. The molecule has 0 bridgehead atoms. The molecule has 2 unspecified atom stereocenters. The van der Waals surface area contributed by atoms with Gasteiger partial charge in [-0.3, -0.25) is 38.3 Å². The van der Waals surface area contributed by atoms with Gasteiger partial charge in [0.2, 0.25) is 5.91 Å². The van der Waals surface area contributed by atoms with Crippen LogP contribution in [0.4, 0.5) is 4.79 Å². The van der Waals surface area contributed by atoms with E-state index in [0.717, 1.165) is 56.4 Å². The maximum atomic E-state index is 13.5. The summed E-state index contributed by atoms with van der Waals surface area (Å²) in [5.41, 5.74) is -1.04. The summed E-state index contributed by atoms with van der Waals surface area (Å²) < 4.78 is 28.2. The molecule has 1 aliphatic rings. The first kappa shape index (κ1) is 52.7. The van der Waals surface area contributed by atoms with Crippen molar-refractivity contribution in [2.24, 2.45) is 0 Å². The van der Waals surface area contributed by atoms with E-state index >= 15 is 0 Å². The lowest BCUT2D eigenvalue weighted by Crippen LogP contribution is -2.55. The monoisotopic (exact) mass is 903 g/mol. The molecule has 356 valence electrons. The van der Waals surface area contributed by atoms with Crippen LogP contribution in [0.1, 0.15) is 123 Å². The highest BCUT2D eigenvalue weighted by Gasteiger charge is 2.55. The van der Waals surface area contributed by atoms with Crippen molar-refractivity contribution in [3.8, 4) is 0 Å². The van der Waals surface area contributed by atoms with E-state index in [9.17, 15) is 48.6 Å². The second-order valence-electron chi connectivity index (χ2n) is 15.7. The lowest BCUT2D eigenvalue weighted by atomic mass is 9.99. The van der Waals surface area contributed by atoms with Crippen molar-refractivity contribution in [3.63, 3.8) is 0 Å². The second-order valence-corrected chi connectivity index (χ2v) is 15.7. The third-order valence-electron chi connectivity index (χ3n) is 10.5. The van der Waals surface area contributed by atoms with Gasteiger partial charge in [0.1, 0.15) is 37.0 Å². The maximum Gasteiger partial charge on any atom is 0.408 e. The Morgan fingerprint density at radius 3 is 2.02 bits per heavy atom. The Morgan fingerprint density at radius 1 is 0.812 bits per heavy atom. The van der Waals surface area contributed by atoms with Crippen molar-refractivity contribution in [2.75, 3.05) is 13.1 Å². The molecule has 20 heteroatoms. The average molecular weight is 904 g/mol. The van der Waals surface area contributed by atoms with Gasteiger partial charge in [-0.2, -0.15) is 0 Å². The highest BCUT2D eigenvalue weighted by atomic mass is 16.6. The van der Waals surface area contributed by atoms with Crippen LogP contribution in [0.3, 0.4) is 0 Å². The van der Waals surface area contributed by atoms with Gasteiger partial charge in [-0.1, -0.05) is 101 Å². The fourth-order valence-electron chi connectivity index (χ4n) is 7.20.